The zero-order valence-corrected chi connectivity index (χ0v) is 17.4. The van der Waals surface area contributed by atoms with Crippen molar-refractivity contribution in [2.75, 3.05) is 46.3 Å². The second-order valence-corrected chi connectivity index (χ2v) is 8.37. The average Bonchev–Trinajstić information content (AvgIpc) is 3.00. The molecule has 3 heterocycles. The number of aromatic nitrogens is 2. The van der Waals surface area contributed by atoms with Gasteiger partial charge < -0.3 is 10.0 Å². The molecule has 2 fully saturated rings. The first kappa shape index (κ1) is 21.0. The van der Waals surface area contributed by atoms with Crippen LogP contribution in [0.3, 0.4) is 0 Å². The van der Waals surface area contributed by atoms with Crippen LogP contribution in [0.4, 0.5) is 0 Å². The van der Waals surface area contributed by atoms with Crippen molar-refractivity contribution < 1.29 is 9.90 Å². The molecule has 0 unspecified atom stereocenters. The Bertz CT molecular complexity index is 666. The number of hydrogen-bond acceptors (Lipinski definition) is 5. The van der Waals surface area contributed by atoms with E-state index in [-0.39, 0.29) is 6.42 Å². The fourth-order valence-electron chi connectivity index (χ4n) is 4.65. The zero-order valence-electron chi connectivity index (χ0n) is 17.4. The summed E-state index contributed by atoms with van der Waals surface area (Å²) >= 11 is 0. The second-order valence-electron chi connectivity index (χ2n) is 8.37. The number of piperidine rings is 1. The summed E-state index contributed by atoms with van der Waals surface area (Å²) in [4.78, 5) is 18.7. The van der Waals surface area contributed by atoms with Gasteiger partial charge >= 0.3 is 5.97 Å². The number of piperazine rings is 1. The number of likely N-dealkylation sites (tertiary alicyclic amines) is 1. The molecule has 3 rings (SSSR count). The van der Waals surface area contributed by atoms with Gasteiger partial charge in [-0.15, -0.1) is 6.58 Å². The van der Waals surface area contributed by atoms with Crippen molar-refractivity contribution in [3.63, 3.8) is 0 Å². The second kappa shape index (κ2) is 9.67. The van der Waals surface area contributed by atoms with Crippen LogP contribution < -0.4 is 0 Å². The molecule has 0 saturated carbocycles. The molecule has 7 nitrogen and oxygen atoms in total. The molecule has 2 atom stereocenters. The van der Waals surface area contributed by atoms with Gasteiger partial charge in [0.1, 0.15) is 0 Å². The number of hydrogen-bond donors (Lipinski definition) is 1. The van der Waals surface area contributed by atoms with Crippen LogP contribution in [0.5, 0.6) is 0 Å². The number of aryl methyl sites for hydroxylation is 1. The van der Waals surface area contributed by atoms with E-state index in [1.165, 1.54) is 5.56 Å². The van der Waals surface area contributed by atoms with Gasteiger partial charge in [0.15, 0.2) is 0 Å². The molecule has 0 spiro atoms. The predicted octanol–water partition coefficient (Wildman–Crippen LogP) is 1.68. The van der Waals surface area contributed by atoms with E-state index in [0.717, 1.165) is 70.9 Å². The third-order valence-electron chi connectivity index (χ3n) is 6.27. The smallest absolute Gasteiger partial charge is 0.303 e. The number of aliphatic carboxylic acids is 1. The van der Waals surface area contributed by atoms with Crippen molar-refractivity contribution in [1.29, 1.82) is 0 Å². The molecule has 1 aromatic rings. The van der Waals surface area contributed by atoms with Gasteiger partial charge in [0, 0.05) is 63.5 Å². The number of likely N-dealkylation sites (N-methyl/N-ethyl adjacent to an activating group) is 1. The maximum Gasteiger partial charge on any atom is 0.303 e. The molecular weight excluding hydrogens is 354 g/mol. The summed E-state index contributed by atoms with van der Waals surface area (Å²) in [5.74, 6) is -0.271. The van der Waals surface area contributed by atoms with Crippen LogP contribution in [0, 0.1) is 12.8 Å². The fraction of sp³-hybridized carbons (Fsp3) is 0.714. The third-order valence-corrected chi connectivity index (χ3v) is 6.27. The van der Waals surface area contributed by atoms with Crippen molar-refractivity contribution in [1.82, 2.24) is 24.5 Å². The van der Waals surface area contributed by atoms with E-state index >= 15 is 0 Å². The Morgan fingerprint density at radius 2 is 2.07 bits per heavy atom. The molecule has 7 heteroatoms. The van der Waals surface area contributed by atoms with E-state index < -0.39 is 5.97 Å². The number of carboxylic acid groups (broad SMARTS) is 1. The number of allylic oxidation sites excluding steroid dienone is 1. The molecule has 156 valence electrons. The molecule has 1 aromatic heterocycles. The Morgan fingerprint density at radius 3 is 2.75 bits per heavy atom. The maximum absolute atomic E-state index is 11.2. The first-order valence-corrected chi connectivity index (χ1v) is 10.5. The highest BCUT2D eigenvalue weighted by molar-refractivity contribution is 5.66. The molecule has 0 aliphatic carbocycles. The summed E-state index contributed by atoms with van der Waals surface area (Å²) in [6.07, 6.45) is 6.12. The van der Waals surface area contributed by atoms with Gasteiger partial charge in [-0.2, -0.15) is 5.10 Å². The highest BCUT2D eigenvalue weighted by Crippen LogP contribution is 2.28. The molecule has 0 amide bonds. The summed E-state index contributed by atoms with van der Waals surface area (Å²) < 4.78 is 1.94. The monoisotopic (exact) mass is 389 g/mol. The molecule has 2 aliphatic heterocycles. The lowest BCUT2D eigenvalue weighted by molar-refractivity contribution is -0.137. The van der Waals surface area contributed by atoms with Crippen LogP contribution in [-0.4, -0.2) is 87.9 Å². The zero-order chi connectivity index (χ0) is 20.1. The van der Waals surface area contributed by atoms with Gasteiger partial charge in [-0.3, -0.25) is 19.3 Å². The quantitative estimate of drug-likeness (QED) is 0.683. The minimum atomic E-state index is -0.684. The Hall–Kier alpha value is -1.70. The average molecular weight is 390 g/mol. The topological polar surface area (TPSA) is 64.8 Å². The molecule has 0 bridgehead atoms. The van der Waals surface area contributed by atoms with Crippen LogP contribution in [0.15, 0.2) is 18.9 Å². The Kier molecular flexibility index (Phi) is 7.26. The van der Waals surface area contributed by atoms with E-state index in [2.05, 4.69) is 46.5 Å². The number of carbonyl (C=O) groups is 1. The lowest BCUT2D eigenvalue weighted by Crippen LogP contribution is -2.56. The fourth-order valence-corrected chi connectivity index (χ4v) is 4.65. The lowest BCUT2D eigenvalue weighted by atomic mass is 9.86. The van der Waals surface area contributed by atoms with Gasteiger partial charge in [0.25, 0.3) is 0 Å². The number of nitrogens with zero attached hydrogens (tertiary/aromatic N) is 5. The molecule has 2 saturated heterocycles. The summed E-state index contributed by atoms with van der Waals surface area (Å²) in [7, 11) is 2.18. The Balaban J connectivity index is 1.64. The van der Waals surface area contributed by atoms with E-state index in [9.17, 15) is 9.90 Å². The molecule has 28 heavy (non-hydrogen) atoms. The van der Waals surface area contributed by atoms with E-state index in [1.807, 2.05) is 10.8 Å². The minimum absolute atomic E-state index is 0.263. The number of rotatable bonds is 8. The van der Waals surface area contributed by atoms with Gasteiger partial charge in [-0.25, -0.2) is 0 Å². The molecule has 0 radical (unpaired) electrons. The van der Waals surface area contributed by atoms with Crippen LogP contribution in [0.2, 0.25) is 0 Å². The first-order valence-electron chi connectivity index (χ1n) is 10.5. The van der Waals surface area contributed by atoms with Crippen molar-refractivity contribution in [3.05, 3.63) is 30.1 Å². The summed E-state index contributed by atoms with van der Waals surface area (Å²) in [6, 6.07) is 0.508. The SMILES string of the molecule is C=CCn1cc(CN2CC[C@H](N3CCN(C)CC3)[C@H](CCC(=O)O)C2)c(C)n1. The molecule has 1 N–H and O–H groups in total. The summed E-state index contributed by atoms with van der Waals surface area (Å²) in [5, 5.41) is 13.8. The van der Waals surface area contributed by atoms with Gasteiger partial charge in [-0.1, -0.05) is 6.08 Å². The largest absolute Gasteiger partial charge is 0.481 e. The van der Waals surface area contributed by atoms with Gasteiger partial charge in [-0.05, 0) is 39.3 Å². The molecular formula is C21H35N5O2. The predicted molar refractivity (Wildman–Crippen MR) is 110 cm³/mol. The van der Waals surface area contributed by atoms with E-state index in [0.29, 0.717) is 12.0 Å². The van der Waals surface area contributed by atoms with Crippen LogP contribution in [-0.2, 0) is 17.9 Å². The number of carboxylic acids is 1. The van der Waals surface area contributed by atoms with Crippen molar-refractivity contribution in [2.24, 2.45) is 5.92 Å². The van der Waals surface area contributed by atoms with Gasteiger partial charge in [0.2, 0.25) is 0 Å². The standard InChI is InChI=1S/C21H35N5O2/c1-4-8-26-16-19(17(2)22-26)15-24-9-7-20(18(14-24)5-6-21(27)28)25-12-10-23(3)11-13-25/h4,16,18,20H,1,5-15H2,2-3H3,(H,27,28)/t18-,20+/m1/s1. The lowest BCUT2D eigenvalue weighted by Gasteiger charge is -2.46. The van der Waals surface area contributed by atoms with Crippen LogP contribution in [0.1, 0.15) is 30.5 Å². The Labute approximate surface area is 168 Å². The minimum Gasteiger partial charge on any atom is -0.481 e. The van der Waals surface area contributed by atoms with E-state index in [4.69, 9.17) is 0 Å². The summed E-state index contributed by atoms with van der Waals surface area (Å²) in [6.45, 7) is 13.9. The van der Waals surface area contributed by atoms with Gasteiger partial charge in [0.05, 0.1) is 12.2 Å². The molecule has 0 aromatic carbocycles. The Morgan fingerprint density at radius 1 is 1.32 bits per heavy atom. The summed E-state index contributed by atoms with van der Waals surface area (Å²) in [5.41, 5.74) is 2.34. The first-order chi connectivity index (χ1) is 13.5. The third kappa shape index (κ3) is 5.43. The van der Waals surface area contributed by atoms with Crippen LogP contribution >= 0.6 is 0 Å². The highest BCUT2D eigenvalue weighted by Gasteiger charge is 2.34. The van der Waals surface area contributed by atoms with Crippen LogP contribution in [0.25, 0.3) is 0 Å². The van der Waals surface area contributed by atoms with Crippen molar-refractivity contribution in [3.8, 4) is 0 Å². The highest BCUT2D eigenvalue weighted by atomic mass is 16.4. The van der Waals surface area contributed by atoms with Crippen molar-refractivity contribution in [2.45, 2.75) is 45.3 Å². The maximum atomic E-state index is 11.2. The molecule has 2 aliphatic rings. The van der Waals surface area contributed by atoms with Crippen molar-refractivity contribution >= 4 is 5.97 Å². The van der Waals surface area contributed by atoms with E-state index in [1.54, 1.807) is 0 Å². The normalized spacial score (nSPS) is 25.1.